The lowest BCUT2D eigenvalue weighted by molar-refractivity contribution is 1.26. The van der Waals surface area contributed by atoms with E-state index in [-0.39, 0.29) is 0 Å². The summed E-state index contributed by atoms with van der Waals surface area (Å²) < 4.78 is 1.97. The highest BCUT2D eigenvalue weighted by molar-refractivity contribution is 9.11. The fourth-order valence-corrected chi connectivity index (χ4v) is 2.12. The van der Waals surface area contributed by atoms with Crippen LogP contribution in [0.15, 0.2) is 33.2 Å². The number of aromatic nitrogens is 1. The minimum Gasteiger partial charge on any atom is -0.308 e. The SMILES string of the molecule is NNc1ccc2c(Br)ccc(Br)c2n1. The summed E-state index contributed by atoms with van der Waals surface area (Å²) in [5.41, 5.74) is 3.40. The second-order valence-corrected chi connectivity index (χ2v) is 4.47. The van der Waals surface area contributed by atoms with Gasteiger partial charge in [0, 0.05) is 14.3 Å². The highest BCUT2D eigenvalue weighted by Gasteiger charge is 2.04. The number of rotatable bonds is 1. The number of halogens is 2. The Kier molecular flexibility index (Phi) is 2.71. The van der Waals surface area contributed by atoms with Gasteiger partial charge in [0.1, 0.15) is 5.82 Å². The van der Waals surface area contributed by atoms with E-state index >= 15 is 0 Å². The zero-order valence-corrected chi connectivity index (χ0v) is 10.3. The van der Waals surface area contributed by atoms with Crippen molar-refractivity contribution in [2.75, 3.05) is 5.43 Å². The molecule has 5 heteroatoms. The molecular formula is C9H7Br2N3. The Bertz CT molecular complexity index is 485. The Morgan fingerprint density at radius 3 is 2.50 bits per heavy atom. The number of anilines is 1. The summed E-state index contributed by atoms with van der Waals surface area (Å²) in [5.74, 6) is 5.94. The first-order chi connectivity index (χ1) is 6.72. The molecule has 72 valence electrons. The third kappa shape index (κ3) is 1.63. The smallest absolute Gasteiger partial charge is 0.140 e. The fourth-order valence-electron chi connectivity index (χ4n) is 1.23. The molecule has 0 amide bonds. The molecule has 1 heterocycles. The zero-order valence-electron chi connectivity index (χ0n) is 7.09. The van der Waals surface area contributed by atoms with Crippen LogP contribution < -0.4 is 11.3 Å². The maximum atomic E-state index is 5.29. The summed E-state index contributed by atoms with van der Waals surface area (Å²) in [6, 6.07) is 7.72. The Balaban J connectivity index is 2.80. The first-order valence-electron chi connectivity index (χ1n) is 3.94. The summed E-state index contributed by atoms with van der Waals surface area (Å²) in [4.78, 5) is 4.34. The molecule has 2 rings (SSSR count). The van der Waals surface area contributed by atoms with Gasteiger partial charge in [-0.2, -0.15) is 0 Å². The van der Waals surface area contributed by atoms with Crippen LogP contribution in [0.2, 0.25) is 0 Å². The van der Waals surface area contributed by atoms with Crippen molar-refractivity contribution in [3.05, 3.63) is 33.2 Å². The number of nitrogens with zero attached hydrogens (tertiary/aromatic N) is 1. The van der Waals surface area contributed by atoms with E-state index in [2.05, 4.69) is 42.3 Å². The zero-order chi connectivity index (χ0) is 10.1. The normalized spacial score (nSPS) is 10.5. The van der Waals surface area contributed by atoms with Crippen LogP contribution in [0, 0.1) is 0 Å². The molecule has 1 aromatic heterocycles. The lowest BCUT2D eigenvalue weighted by Crippen LogP contribution is -2.08. The van der Waals surface area contributed by atoms with Gasteiger partial charge in [0.2, 0.25) is 0 Å². The molecule has 14 heavy (non-hydrogen) atoms. The Morgan fingerprint density at radius 1 is 1.07 bits per heavy atom. The first kappa shape index (κ1) is 9.89. The third-order valence-electron chi connectivity index (χ3n) is 1.90. The van der Waals surface area contributed by atoms with Crippen molar-refractivity contribution < 1.29 is 0 Å². The number of pyridine rings is 1. The van der Waals surface area contributed by atoms with E-state index in [0.29, 0.717) is 5.82 Å². The Labute approximate surface area is 97.9 Å². The average Bonchev–Trinajstić information content (AvgIpc) is 2.23. The molecule has 0 spiro atoms. The van der Waals surface area contributed by atoms with E-state index in [0.717, 1.165) is 19.8 Å². The first-order valence-corrected chi connectivity index (χ1v) is 5.52. The minimum atomic E-state index is 0.649. The summed E-state index contributed by atoms with van der Waals surface area (Å²) in [5, 5.41) is 1.05. The highest BCUT2D eigenvalue weighted by atomic mass is 79.9. The van der Waals surface area contributed by atoms with Crippen LogP contribution in [0.4, 0.5) is 5.82 Å². The molecule has 0 saturated heterocycles. The third-order valence-corrected chi connectivity index (χ3v) is 3.23. The van der Waals surface area contributed by atoms with Gasteiger partial charge in [-0.25, -0.2) is 10.8 Å². The van der Waals surface area contributed by atoms with E-state index in [4.69, 9.17) is 5.84 Å². The molecule has 3 nitrogen and oxygen atoms in total. The van der Waals surface area contributed by atoms with Gasteiger partial charge in [0.15, 0.2) is 0 Å². The molecule has 0 aliphatic heterocycles. The topological polar surface area (TPSA) is 50.9 Å². The lowest BCUT2D eigenvalue weighted by atomic mass is 10.2. The number of nitrogens with two attached hydrogens (primary N) is 1. The van der Waals surface area contributed by atoms with Crippen molar-refractivity contribution in [2.45, 2.75) is 0 Å². The molecule has 1 aromatic carbocycles. The van der Waals surface area contributed by atoms with Crippen LogP contribution in [0.25, 0.3) is 10.9 Å². The predicted octanol–water partition coefficient (Wildman–Crippen LogP) is 3.05. The van der Waals surface area contributed by atoms with Crippen molar-refractivity contribution in [2.24, 2.45) is 5.84 Å². The van der Waals surface area contributed by atoms with Gasteiger partial charge in [-0.15, -0.1) is 0 Å². The van der Waals surface area contributed by atoms with Crippen LogP contribution >= 0.6 is 31.9 Å². The van der Waals surface area contributed by atoms with Crippen LogP contribution in [0.3, 0.4) is 0 Å². The van der Waals surface area contributed by atoms with Crippen LogP contribution in [-0.2, 0) is 0 Å². The molecule has 0 atom stereocenters. The van der Waals surface area contributed by atoms with Gasteiger partial charge in [-0.3, -0.25) is 0 Å². The van der Waals surface area contributed by atoms with Crippen LogP contribution in [-0.4, -0.2) is 4.98 Å². The van der Waals surface area contributed by atoms with Gasteiger partial charge in [0.25, 0.3) is 0 Å². The number of benzene rings is 1. The second kappa shape index (κ2) is 3.84. The van der Waals surface area contributed by atoms with E-state index in [1.165, 1.54) is 0 Å². The molecule has 0 aliphatic carbocycles. The molecule has 0 saturated carbocycles. The monoisotopic (exact) mass is 315 g/mol. The molecule has 0 fully saturated rings. The van der Waals surface area contributed by atoms with Gasteiger partial charge in [-0.05, 0) is 40.2 Å². The standard InChI is InChI=1S/C9H7Br2N3/c10-6-2-3-7(11)9-5(6)1-4-8(13-9)14-12/h1-4H,12H2,(H,13,14). The molecular weight excluding hydrogens is 310 g/mol. The highest BCUT2D eigenvalue weighted by Crippen LogP contribution is 2.29. The summed E-state index contributed by atoms with van der Waals surface area (Å²) in [6.45, 7) is 0. The summed E-state index contributed by atoms with van der Waals surface area (Å²) >= 11 is 6.91. The predicted molar refractivity (Wildman–Crippen MR) is 65.0 cm³/mol. The van der Waals surface area contributed by atoms with E-state index in [1.54, 1.807) is 0 Å². The Hall–Kier alpha value is -0.650. The number of fused-ring (bicyclic) bond motifs is 1. The van der Waals surface area contributed by atoms with E-state index < -0.39 is 0 Å². The quantitative estimate of drug-likeness (QED) is 0.628. The van der Waals surface area contributed by atoms with Crippen molar-refractivity contribution in [1.29, 1.82) is 0 Å². The molecule has 0 bridgehead atoms. The van der Waals surface area contributed by atoms with Crippen LogP contribution in [0.5, 0.6) is 0 Å². The molecule has 0 radical (unpaired) electrons. The molecule has 0 unspecified atom stereocenters. The number of nitrogen functional groups attached to an aromatic ring is 1. The van der Waals surface area contributed by atoms with Gasteiger partial charge in [-0.1, -0.05) is 15.9 Å². The van der Waals surface area contributed by atoms with Gasteiger partial charge < -0.3 is 5.43 Å². The molecule has 0 aliphatic rings. The van der Waals surface area contributed by atoms with Crippen LogP contribution in [0.1, 0.15) is 0 Å². The number of hydrazine groups is 1. The number of hydrogen-bond donors (Lipinski definition) is 2. The van der Waals surface area contributed by atoms with Crippen molar-refractivity contribution in [3.8, 4) is 0 Å². The fraction of sp³-hybridized carbons (Fsp3) is 0. The minimum absolute atomic E-state index is 0.649. The van der Waals surface area contributed by atoms with Crippen molar-refractivity contribution >= 4 is 48.6 Å². The maximum Gasteiger partial charge on any atom is 0.140 e. The lowest BCUT2D eigenvalue weighted by Gasteiger charge is -2.04. The Morgan fingerprint density at radius 2 is 1.79 bits per heavy atom. The molecule has 3 N–H and O–H groups in total. The molecule has 2 aromatic rings. The largest absolute Gasteiger partial charge is 0.308 e. The second-order valence-electron chi connectivity index (χ2n) is 2.77. The summed E-state index contributed by atoms with van der Waals surface area (Å²) in [6.07, 6.45) is 0. The van der Waals surface area contributed by atoms with Crippen molar-refractivity contribution in [3.63, 3.8) is 0 Å². The van der Waals surface area contributed by atoms with E-state index in [9.17, 15) is 0 Å². The van der Waals surface area contributed by atoms with Gasteiger partial charge in [0.05, 0.1) is 5.52 Å². The van der Waals surface area contributed by atoms with Crippen molar-refractivity contribution in [1.82, 2.24) is 4.98 Å². The average molecular weight is 317 g/mol. The summed E-state index contributed by atoms with van der Waals surface area (Å²) in [7, 11) is 0. The van der Waals surface area contributed by atoms with Gasteiger partial charge >= 0.3 is 0 Å². The number of nitrogens with one attached hydrogen (secondary N) is 1. The van der Waals surface area contributed by atoms with E-state index in [1.807, 2.05) is 24.3 Å². The number of hydrogen-bond acceptors (Lipinski definition) is 3. The maximum absolute atomic E-state index is 5.29.